The first-order valence-electron chi connectivity index (χ1n) is 11.6. The van der Waals surface area contributed by atoms with Crippen LogP contribution in [0.1, 0.15) is 46.4 Å². The van der Waals surface area contributed by atoms with Gasteiger partial charge >= 0.3 is 0 Å². The molecule has 0 bridgehead atoms. The zero-order chi connectivity index (χ0) is 23.7. The Balaban J connectivity index is 1.42. The zero-order valence-electron chi connectivity index (χ0n) is 19.2. The molecule has 2 aromatic carbocycles. The van der Waals surface area contributed by atoms with Crippen LogP contribution in [-0.2, 0) is 29.2 Å². The third-order valence-corrected chi connectivity index (χ3v) is 8.51. The lowest BCUT2D eigenvalue weighted by Crippen LogP contribution is -2.40. The number of rotatable bonds is 6. The van der Waals surface area contributed by atoms with Gasteiger partial charge in [0, 0.05) is 24.2 Å². The zero-order valence-corrected chi connectivity index (χ0v) is 20.0. The van der Waals surface area contributed by atoms with Crippen molar-refractivity contribution in [1.82, 2.24) is 10.1 Å². The normalized spacial score (nSPS) is 18.9. The minimum absolute atomic E-state index is 0.0434. The van der Waals surface area contributed by atoms with Gasteiger partial charge in [-0.3, -0.25) is 4.79 Å². The van der Waals surface area contributed by atoms with Crippen LogP contribution in [0.15, 0.2) is 53.1 Å². The van der Waals surface area contributed by atoms with E-state index in [9.17, 15) is 13.2 Å². The molecule has 0 radical (unpaired) electrons. The van der Waals surface area contributed by atoms with Gasteiger partial charge in [-0.25, -0.2) is 8.42 Å². The fourth-order valence-electron chi connectivity index (χ4n) is 4.90. The molecule has 0 unspecified atom stereocenters. The lowest BCUT2D eigenvalue weighted by atomic mass is 9.90. The predicted octanol–water partition coefficient (Wildman–Crippen LogP) is 4.06. The van der Waals surface area contributed by atoms with E-state index in [0.717, 1.165) is 24.0 Å². The molecule has 5 rings (SSSR count). The lowest BCUT2D eigenvalue weighted by molar-refractivity contribution is 0.0670. The van der Waals surface area contributed by atoms with Crippen LogP contribution in [0.25, 0.3) is 11.3 Å². The number of ether oxygens (including phenoxy) is 1. The Kier molecular flexibility index (Phi) is 6.16. The summed E-state index contributed by atoms with van der Waals surface area (Å²) in [6.45, 7) is 0.261. The summed E-state index contributed by atoms with van der Waals surface area (Å²) in [5.74, 6) is 0.923. The molecular formula is C26H28N2O5S. The first kappa shape index (κ1) is 22.7. The van der Waals surface area contributed by atoms with Crippen molar-refractivity contribution in [3.05, 3.63) is 70.9 Å². The van der Waals surface area contributed by atoms with Crippen LogP contribution in [-0.4, -0.2) is 49.0 Å². The molecule has 1 saturated heterocycles. The smallest absolute Gasteiger partial charge is 0.276 e. The first-order valence-corrected chi connectivity index (χ1v) is 13.5. The van der Waals surface area contributed by atoms with Gasteiger partial charge in [-0.1, -0.05) is 29.4 Å². The molecule has 0 N–H and O–H groups in total. The van der Waals surface area contributed by atoms with Crippen LogP contribution >= 0.6 is 0 Å². The maximum atomic E-state index is 13.6. The van der Waals surface area contributed by atoms with Gasteiger partial charge in [0.05, 0.1) is 18.6 Å². The highest BCUT2D eigenvalue weighted by molar-refractivity contribution is 7.91. The second kappa shape index (κ2) is 9.25. The number of nitrogens with zero attached hydrogens (tertiary/aromatic N) is 2. The van der Waals surface area contributed by atoms with Gasteiger partial charge in [0.1, 0.15) is 5.75 Å². The Labute approximate surface area is 199 Å². The number of benzene rings is 2. The van der Waals surface area contributed by atoms with Crippen molar-refractivity contribution in [3.63, 3.8) is 0 Å². The molecule has 1 aromatic heterocycles. The van der Waals surface area contributed by atoms with Crippen LogP contribution in [0.3, 0.4) is 0 Å². The van der Waals surface area contributed by atoms with E-state index in [1.54, 1.807) is 18.1 Å². The molecule has 3 aromatic rings. The van der Waals surface area contributed by atoms with Crippen molar-refractivity contribution in [2.24, 2.45) is 0 Å². The Morgan fingerprint density at radius 3 is 2.71 bits per heavy atom. The summed E-state index contributed by atoms with van der Waals surface area (Å²) in [5, 5.41) is 4.07. The van der Waals surface area contributed by atoms with Gasteiger partial charge in [-0.15, -0.1) is 0 Å². The number of hydrogen-bond donors (Lipinski definition) is 0. The van der Waals surface area contributed by atoms with Gasteiger partial charge in [-0.05, 0) is 67.0 Å². The molecule has 2 heterocycles. The highest BCUT2D eigenvalue weighted by Crippen LogP contribution is 2.29. The molecule has 34 heavy (non-hydrogen) atoms. The van der Waals surface area contributed by atoms with Crippen molar-refractivity contribution in [2.75, 3.05) is 18.6 Å². The van der Waals surface area contributed by atoms with E-state index in [2.05, 4.69) is 17.3 Å². The van der Waals surface area contributed by atoms with Crippen molar-refractivity contribution in [3.8, 4) is 17.1 Å². The molecule has 0 spiro atoms. The van der Waals surface area contributed by atoms with Gasteiger partial charge in [0.25, 0.3) is 5.91 Å². The van der Waals surface area contributed by atoms with Crippen LogP contribution in [0, 0.1) is 0 Å². The van der Waals surface area contributed by atoms with Gasteiger partial charge in [-0.2, -0.15) is 0 Å². The van der Waals surface area contributed by atoms with E-state index in [0.29, 0.717) is 17.9 Å². The van der Waals surface area contributed by atoms with E-state index >= 15 is 0 Å². The van der Waals surface area contributed by atoms with Crippen molar-refractivity contribution < 1.29 is 22.5 Å². The van der Waals surface area contributed by atoms with Crippen LogP contribution in [0.4, 0.5) is 0 Å². The minimum Gasteiger partial charge on any atom is -0.497 e. The number of aryl methyl sites for hydroxylation is 2. The highest BCUT2D eigenvalue weighted by Gasteiger charge is 2.36. The molecule has 2 aliphatic rings. The van der Waals surface area contributed by atoms with E-state index in [1.165, 1.54) is 24.0 Å². The molecular weight excluding hydrogens is 452 g/mol. The largest absolute Gasteiger partial charge is 0.497 e. The number of fused-ring (bicyclic) bond motifs is 1. The molecule has 1 amide bonds. The Bertz CT molecular complexity index is 1310. The first-order chi connectivity index (χ1) is 16.4. The van der Waals surface area contributed by atoms with Gasteiger partial charge in [0.15, 0.2) is 21.3 Å². The predicted molar refractivity (Wildman–Crippen MR) is 129 cm³/mol. The number of carbonyl (C=O) groups excluding carboxylic acids is 1. The summed E-state index contributed by atoms with van der Waals surface area (Å²) in [7, 11) is -1.58. The van der Waals surface area contributed by atoms with E-state index in [1.807, 2.05) is 30.3 Å². The van der Waals surface area contributed by atoms with Crippen LogP contribution < -0.4 is 4.74 Å². The molecule has 1 fully saturated rings. The summed E-state index contributed by atoms with van der Waals surface area (Å²) in [6, 6.07) is 15.0. The second-order valence-corrected chi connectivity index (χ2v) is 11.3. The third-order valence-electron chi connectivity index (χ3n) is 6.76. The number of sulfone groups is 1. The molecule has 8 heteroatoms. The van der Waals surface area contributed by atoms with Crippen LogP contribution in [0.2, 0.25) is 0 Å². The average molecular weight is 481 g/mol. The quantitative estimate of drug-likeness (QED) is 0.529. The van der Waals surface area contributed by atoms with Crippen LogP contribution in [0.5, 0.6) is 5.75 Å². The fourth-order valence-corrected chi connectivity index (χ4v) is 6.63. The molecule has 178 valence electrons. The topological polar surface area (TPSA) is 89.7 Å². The Morgan fingerprint density at radius 2 is 1.94 bits per heavy atom. The van der Waals surface area contributed by atoms with Gasteiger partial charge in [0.2, 0.25) is 0 Å². The number of aromatic nitrogens is 1. The van der Waals surface area contributed by atoms with E-state index in [-0.39, 0.29) is 29.7 Å². The summed E-state index contributed by atoms with van der Waals surface area (Å²) >= 11 is 0. The SMILES string of the molecule is COc1cccc(CN(C(=O)c2cc(-c3ccc4c(c3)CCCC4)on2)[C@@H]2CCS(=O)(=O)C2)c1. The van der Waals surface area contributed by atoms with E-state index < -0.39 is 15.9 Å². The third kappa shape index (κ3) is 4.73. The number of amides is 1. The standard InChI is InChI=1S/C26H28N2O5S/c1-32-23-8-4-5-18(13-23)16-28(22-11-12-34(30,31)17-22)26(29)24-15-25(33-27-24)21-10-9-19-6-2-3-7-20(19)14-21/h4-5,8-10,13-15,22H,2-3,6-7,11-12,16-17H2,1H3/t22-/m1/s1. The molecule has 0 saturated carbocycles. The van der Waals surface area contributed by atoms with E-state index in [4.69, 9.17) is 9.26 Å². The van der Waals surface area contributed by atoms with Crippen molar-refractivity contribution in [1.29, 1.82) is 0 Å². The maximum absolute atomic E-state index is 13.6. The summed E-state index contributed by atoms with van der Waals surface area (Å²) < 4.78 is 35.2. The Morgan fingerprint density at radius 1 is 1.12 bits per heavy atom. The lowest BCUT2D eigenvalue weighted by Gasteiger charge is -2.27. The van der Waals surface area contributed by atoms with Crippen molar-refractivity contribution in [2.45, 2.75) is 44.7 Å². The summed E-state index contributed by atoms with van der Waals surface area (Å²) in [6.07, 6.45) is 4.95. The number of hydrogen-bond acceptors (Lipinski definition) is 6. The molecule has 1 aliphatic heterocycles. The van der Waals surface area contributed by atoms with Gasteiger partial charge < -0.3 is 14.2 Å². The minimum atomic E-state index is -3.17. The van der Waals surface area contributed by atoms with Crippen molar-refractivity contribution >= 4 is 15.7 Å². The molecule has 1 aliphatic carbocycles. The molecule has 1 atom stereocenters. The highest BCUT2D eigenvalue weighted by atomic mass is 32.2. The molecule has 7 nitrogen and oxygen atoms in total. The maximum Gasteiger partial charge on any atom is 0.276 e. The summed E-state index contributed by atoms with van der Waals surface area (Å²) in [5.41, 5.74) is 4.63. The second-order valence-electron chi connectivity index (χ2n) is 9.11. The number of carbonyl (C=O) groups is 1. The summed E-state index contributed by atoms with van der Waals surface area (Å²) in [4.78, 5) is 15.2. The number of methoxy groups -OCH3 is 1. The monoisotopic (exact) mass is 480 g/mol. The fraction of sp³-hybridized carbons (Fsp3) is 0.385. The Hall–Kier alpha value is -3.13. The average Bonchev–Trinajstić information content (AvgIpc) is 3.48.